The molecular formula is C18H16N2O4S2. The summed E-state index contributed by atoms with van der Waals surface area (Å²) in [6, 6.07) is 12.0. The van der Waals surface area contributed by atoms with Gasteiger partial charge in [-0.1, -0.05) is 6.07 Å². The van der Waals surface area contributed by atoms with Gasteiger partial charge in [-0.15, -0.1) is 11.3 Å². The number of carbonyl (C=O) groups excluding carboxylic acids is 1. The first-order valence-electron chi connectivity index (χ1n) is 8.00. The molecule has 134 valence electrons. The fourth-order valence-corrected chi connectivity index (χ4v) is 5.13. The Hall–Kier alpha value is -2.42. The van der Waals surface area contributed by atoms with Crippen LogP contribution in [0.15, 0.2) is 63.4 Å². The minimum Gasteiger partial charge on any atom is -0.468 e. The highest BCUT2D eigenvalue weighted by Gasteiger charge is 2.28. The molecule has 1 N–H and O–H groups in total. The van der Waals surface area contributed by atoms with Gasteiger partial charge in [0.1, 0.15) is 5.76 Å². The summed E-state index contributed by atoms with van der Waals surface area (Å²) in [5, 5.41) is 4.63. The SMILES string of the molecule is O=C1Cc2cc(S(=O)(=O)N(Cc3ccco3)Cc3cccs3)ccc2N1. The van der Waals surface area contributed by atoms with Crippen molar-refractivity contribution in [2.45, 2.75) is 24.4 Å². The largest absolute Gasteiger partial charge is 0.468 e. The summed E-state index contributed by atoms with van der Waals surface area (Å²) in [5.74, 6) is 0.448. The topological polar surface area (TPSA) is 79.6 Å². The van der Waals surface area contributed by atoms with Crippen LogP contribution in [0.5, 0.6) is 0 Å². The average Bonchev–Trinajstić information content (AvgIpc) is 3.34. The smallest absolute Gasteiger partial charge is 0.243 e. The molecule has 0 aliphatic carbocycles. The zero-order chi connectivity index (χ0) is 18.1. The van der Waals surface area contributed by atoms with Crippen molar-refractivity contribution in [3.8, 4) is 0 Å². The molecule has 26 heavy (non-hydrogen) atoms. The second-order valence-electron chi connectivity index (χ2n) is 5.98. The summed E-state index contributed by atoms with van der Waals surface area (Å²) in [6.07, 6.45) is 1.72. The van der Waals surface area contributed by atoms with E-state index in [0.717, 1.165) is 4.88 Å². The first kappa shape index (κ1) is 17.0. The van der Waals surface area contributed by atoms with E-state index in [2.05, 4.69) is 5.32 Å². The quantitative estimate of drug-likeness (QED) is 0.703. The zero-order valence-corrected chi connectivity index (χ0v) is 15.3. The second kappa shape index (κ2) is 6.71. The number of thiophene rings is 1. The Labute approximate surface area is 155 Å². The number of nitrogens with one attached hydrogen (secondary N) is 1. The van der Waals surface area contributed by atoms with Gasteiger partial charge < -0.3 is 9.73 Å². The number of benzene rings is 1. The first-order chi connectivity index (χ1) is 12.5. The summed E-state index contributed by atoms with van der Waals surface area (Å²) in [4.78, 5) is 12.7. The molecule has 0 radical (unpaired) electrons. The van der Waals surface area contributed by atoms with E-state index in [1.165, 1.54) is 28.0 Å². The number of anilines is 1. The normalized spacial score (nSPS) is 13.8. The van der Waals surface area contributed by atoms with Gasteiger partial charge in [-0.3, -0.25) is 4.79 Å². The zero-order valence-electron chi connectivity index (χ0n) is 13.7. The minimum absolute atomic E-state index is 0.124. The average molecular weight is 388 g/mol. The predicted molar refractivity (Wildman–Crippen MR) is 98.2 cm³/mol. The number of furan rings is 1. The van der Waals surface area contributed by atoms with Crippen LogP contribution in [-0.2, 0) is 34.3 Å². The van der Waals surface area contributed by atoms with E-state index >= 15 is 0 Å². The van der Waals surface area contributed by atoms with Gasteiger partial charge in [0.2, 0.25) is 15.9 Å². The van der Waals surface area contributed by atoms with Gasteiger partial charge >= 0.3 is 0 Å². The molecule has 8 heteroatoms. The molecule has 1 aliphatic rings. The van der Waals surface area contributed by atoms with Crippen LogP contribution < -0.4 is 5.32 Å². The Morgan fingerprint density at radius 3 is 2.77 bits per heavy atom. The highest BCUT2D eigenvalue weighted by molar-refractivity contribution is 7.89. The van der Waals surface area contributed by atoms with Crippen molar-refractivity contribution in [3.63, 3.8) is 0 Å². The van der Waals surface area contributed by atoms with Gasteiger partial charge in [0.15, 0.2) is 0 Å². The molecule has 0 spiro atoms. The molecule has 0 saturated heterocycles. The second-order valence-corrected chi connectivity index (χ2v) is 8.95. The molecule has 6 nitrogen and oxygen atoms in total. The first-order valence-corrected chi connectivity index (χ1v) is 10.3. The van der Waals surface area contributed by atoms with Crippen molar-refractivity contribution in [1.82, 2.24) is 4.31 Å². The summed E-state index contributed by atoms with van der Waals surface area (Å²) in [5.41, 5.74) is 1.37. The minimum atomic E-state index is -3.75. The highest BCUT2D eigenvalue weighted by atomic mass is 32.2. The predicted octanol–water partition coefficient (Wildman–Crippen LogP) is 3.23. The molecule has 1 aromatic carbocycles. The molecule has 3 aromatic rings. The van der Waals surface area contributed by atoms with E-state index in [1.807, 2.05) is 17.5 Å². The lowest BCUT2D eigenvalue weighted by Gasteiger charge is -2.21. The van der Waals surface area contributed by atoms with Crippen LogP contribution in [-0.4, -0.2) is 18.6 Å². The van der Waals surface area contributed by atoms with E-state index in [1.54, 1.807) is 24.3 Å². The number of fused-ring (bicyclic) bond motifs is 1. The van der Waals surface area contributed by atoms with E-state index in [4.69, 9.17) is 4.42 Å². The Bertz CT molecular complexity index is 989. The van der Waals surface area contributed by atoms with Crippen LogP contribution in [0.1, 0.15) is 16.2 Å². The third-order valence-electron chi connectivity index (χ3n) is 4.16. The lowest BCUT2D eigenvalue weighted by atomic mass is 10.2. The Morgan fingerprint density at radius 2 is 2.04 bits per heavy atom. The van der Waals surface area contributed by atoms with Crippen molar-refractivity contribution < 1.29 is 17.6 Å². The van der Waals surface area contributed by atoms with E-state index < -0.39 is 10.0 Å². The van der Waals surface area contributed by atoms with Crippen molar-refractivity contribution in [3.05, 3.63) is 70.3 Å². The third kappa shape index (κ3) is 3.31. The van der Waals surface area contributed by atoms with Crippen LogP contribution >= 0.6 is 11.3 Å². The fourth-order valence-electron chi connectivity index (χ4n) is 2.89. The molecule has 3 heterocycles. The molecule has 0 saturated carbocycles. The van der Waals surface area contributed by atoms with Gasteiger partial charge in [0.05, 0.1) is 24.1 Å². The highest BCUT2D eigenvalue weighted by Crippen LogP contribution is 2.29. The summed E-state index contributed by atoms with van der Waals surface area (Å²) >= 11 is 1.50. The molecule has 1 amide bonds. The van der Waals surface area contributed by atoms with Gasteiger partial charge in [-0.25, -0.2) is 8.42 Å². The number of hydrogen-bond donors (Lipinski definition) is 1. The van der Waals surface area contributed by atoms with Gasteiger partial charge in [-0.05, 0) is 47.3 Å². The molecule has 4 rings (SSSR count). The number of amides is 1. The number of carbonyl (C=O) groups is 1. The van der Waals surface area contributed by atoms with Gasteiger partial charge in [0.25, 0.3) is 0 Å². The maximum absolute atomic E-state index is 13.2. The van der Waals surface area contributed by atoms with Crippen LogP contribution in [0, 0.1) is 0 Å². The molecule has 1 aliphatic heterocycles. The number of nitrogens with zero attached hydrogens (tertiary/aromatic N) is 1. The Morgan fingerprint density at radius 1 is 1.15 bits per heavy atom. The monoisotopic (exact) mass is 388 g/mol. The lowest BCUT2D eigenvalue weighted by molar-refractivity contribution is -0.115. The van der Waals surface area contributed by atoms with E-state index in [-0.39, 0.29) is 30.3 Å². The molecule has 0 fully saturated rings. The van der Waals surface area contributed by atoms with Gasteiger partial charge in [-0.2, -0.15) is 4.31 Å². The third-order valence-corrected chi connectivity index (χ3v) is 6.81. The van der Waals surface area contributed by atoms with Crippen LogP contribution in [0.2, 0.25) is 0 Å². The number of rotatable bonds is 6. The number of hydrogen-bond acceptors (Lipinski definition) is 5. The van der Waals surface area contributed by atoms with E-state index in [0.29, 0.717) is 17.0 Å². The Kier molecular flexibility index (Phi) is 4.39. The molecular weight excluding hydrogens is 372 g/mol. The van der Waals surface area contributed by atoms with Crippen LogP contribution in [0.4, 0.5) is 5.69 Å². The Balaban J connectivity index is 1.69. The van der Waals surface area contributed by atoms with Crippen LogP contribution in [0.25, 0.3) is 0 Å². The van der Waals surface area contributed by atoms with Crippen LogP contribution in [0.3, 0.4) is 0 Å². The number of sulfonamides is 1. The molecule has 0 atom stereocenters. The van der Waals surface area contributed by atoms with E-state index in [9.17, 15) is 13.2 Å². The molecule has 0 bridgehead atoms. The van der Waals surface area contributed by atoms with Crippen molar-refractivity contribution >= 4 is 33.0 Å². The summed E-state index contributed by atoms with van der Waals surface area (Å²) in [6.45, 7) is 0.399. The standard InChI is InChI=1S/C18H16N2O4S2/c21-18-10-13-9-16(5-6-17(13)19-18)26(22,23)20(11-14-3-1-7-24-14)12-15-4-2-8-25-15/h1-9H,10-12H2,(H,19,21). The van der Waals surface area contributed by atoms with Crippen molar-refractivity contribution in [2.75, 3.05) is 5.32 Å². The molecule has 0 unspecified atom stereocenters. The molecule has 2 aromatic heterocycles. The van der Waals surface area contributed by atoms with Crippen molar-refractivity contribution in [2.24, 2.45) is 0 Å². The fraction of sp³-hybridized carbons (Fsp3) is 0.167. The summed E-state index contributed by atoms with van der Waals surface area (Å²) < 4.78 is 33.2. The maximum atomic E-state index is 13.2. The summed E-state index contributed by atoms with van der Waals surface area (Å²) in [7, 11) is -3.75. The maximum Gasteiger partial charge on any atom is 0.243 e. The van der Waals surface area contributed by atoms with Crippen molar-refractivity contribution in [1.29, 1.82) is 0 Å². The van der Waals surface area contributed by atoms with Gasteiger partial charge in [0, 0.05) is 17.1 Å². The lowest BCUT2D eigenvalue weighted by Crippen LogP contribution is -2.30.